The van der Waals surface area contributed by atoms with E-state index in [9.17, 15) is 22.4 Å². The lowest BCUT2D eigenvalue weighted by Crippen LogP contribution is -2.47. The maximum Gasteiger partial charge on any atom is 0.241 e. The van der Waals surface area contributed by atoms with Gasteiger partial charge >= 0.3 is 0 Å². The van der Waals surface area contributed by atoms with Crippen LogP contribution in [0.4, 0.5) is 4.39 Å². The summed E-state index contributed by atoms with van der Waals surface area (Å²) in [7, 11) is -3.87. The minimum atomic E-state index is -3.87. The number of nitrogens with zero attached hydrogens (tertiary/aromatic N) is 1. The van der Waals surface area contributed by atoms with E-state index in [0.717, 1.165) is 18.4 Å². The lowest BCUT2D eigenvalue weighted by atomic mass is 10.2. The van der Waals surface area contributed by atoms with Crippen LogP contribution >= 0.6 is 0 Å². The minimum Gasteiger partial charge on any atom is -0.376 e. The van der Waals surface area contributed by atoms with Gasteiger partial charge in [0.25, 0.3) is 0 Å². The first-order valence-electron chi connectivity index (χ1n) is 10.7. The number of carbonyl (C=O) groups excluding carboxylic acids is 2. The Balaban J connectivity index is 1.59. The van der Waals surface area contributed by atoms with Crippen molar-refractivity contribution in [2.75, 3.05) is 26.2 Å². The van der Waals surface area contributed by atoms with Crippen molar-refractivity contribution in [2.24, 2.45) is 0 Å². The van der Waals surface area contributed by atoms with Gasteiger partial charge in [0.15, 0.2) is 0 Å². The summed E-state index contributed by atoms with van der Waals surface area (Å²) in [5.41, 5.74) is 1.63. The lowest BCUT2D eigenvalue weighted by molar-refractivity contribution is -0.136. The predicted octanol–water partition coefficient (Wildman–Crippen LogP) is 1.74. The molecule has 1 aliphatic rings. The van der Waals surface area contributed by atoms with E-state index in [2.05, 4.69) is 10.0 Å². The number of sulfonamides is 1. The van der Waals surface area contributed by atoms with E-state index in [0.29, 0.717) is 12.2 Å². The Bertz CT molecular complexity index is 1050. The molecule has 8 nitrogen and oxygen atoms in total. The molecule has 0 saturated carbocycles. The summed E-state index contributed by atoms with van der Waals surface area (Å²) in [6.07, 6.45) is 1.42. The number of halogens is 1. The van der Waals surface area contributed by atoms with Crippen molar-refractivity contribution in [1.82, 2.24) is 14.9 Å². The van der Waals surface area contributed by atoms with Gasteiger partial charge in [0.2, 0.25) is 21.8 Å². The number of amides is 2. The standard InChI is InChI=1S/C23H28FN3O5S/c1-17-4-10-21(11-5-17)33(30,31)26-14-23(29)27(15-20-3-2-12-32-20)16-22(28)25-13-18-6-8-19(24)9-7-18/h4-11,20,26H,2-3,12-16H2,1H3,(H,25,28)/t20-/m1/s1. The molecule has 1 saturated heterocycles. The summed E-state index contributed by atoms with van der Waals surface area (Å²) in [4.78, 5) is 26.7. The molecule has 33 heavy (non-hydrogen) atoms. The normalized spacial score (nSPS) is 15.9. The van der Waals surface area contributed by atoms with E-state index < -0.39 is 28.4 Å². The third-order valence-electron chi connectivity index (χ3n) is 5.28. The fraction of sp³-hybridized carbons (Fsp3) is 0.391. The van der Waals surface area contributed by atoms with Crippen molar-refractivity contribution in [1.29, 1.82) is 0 Å². The van der Waals surface area contributed by atoms with Gasteiger partial charge in [0.1, 0.15) is 5.82 Å². The first-order chi connectivity index (χ1) is 15.7. The Morgan fingerprint density at radius 3 is 2.45 bits per heavy atom. The van der Waals surface area contributed by atoms with Gasteiger partial charge in [0, 0.05) is 19.7 Å². The molecule has 1 fully saturated rings. The topological polar surface area (TPSA) is 105 Å². The Hall–Kier alpha value is -2.82. The molecule has 1 atom stereocenters. The third kappa shape index (κ3) is 7.62. The second kappa shape index (κ2) is 11.4. The average molecular weight is 478 g/mol. The smallest absolute Gasteiger partial charge is 0.241 e. The Kier molecular flexibility index (Phi) is 8.54. The minimum absolute atomic E-state index is 0.0589. The molecule has 2 aromatic rings. The van der Waals surface area contributed by atoms with Crippen LogP contribution in [-0.2, 0) is 30.9 Å². The van der Waals surface area contributed by atoms with Gasteiger partial charge in [-0.15, -0.1) is 0 Å². The fourth-order valence-corrected chi connectivity index (χ4v) is 4.36. The molecule has 0 spiro atoms. The molecule has 10 heteroatoms. The van der Waals surface area contributed by atoms with Crippen LogP contribution in [0.5, 0.6) is 0 Å². The molecule has 2 N–H and O–H groups in total. The highest BCUT2D eigenvalue weighted by atomic mass is 32.2. The molecule has 2 aromatic carbocycles. The summed E-state index contributed by atoms with van der Waals surface area (Å²) < 4.78 is 45.9. The van der Waals surface area contributed by atoms with Crippen LogP contribution < -0.4 is 10.0 Å². The van der Waals surface area contributed by atoms with Crippen molar-refractivity contribution in [3.63, 3.8) is 0 Å². The highest BCUT2D eigenvalue weighted by Crippen LogP contribution is 2.14. The number of hydrogen-bond acceptors (Lipinski definition) is 5. The monoisotopic (exact) mass is 477 g/mol. The first kappa shape index (κ1) is 24.8. The van der Waals surface area contributed by atoms with E-state index in [1.165, 1.54) is 29.2 Å². The van der Waals surface area contributed by atoms with Crippen molar-refractivity contribution in [3.8, 4) is 0 Å². The molecule has 1 aliphatic heterocycles. The van der Waals surface area contributed by atoms with Crippen molar-refractivity contribution in [3.05, 3.63) is 65.5 Å². The molecule has 3 rings (SSSR count). The van der Waals surface area contributed by atoms with Crippen molar-refractivity contribution < 1.29 is 27.1 Å². The first-order valence-corrected chi connectivity index (χ1v) is 12.2. The average Bonchev–Trinajstić information content (AvgIpc) is 3.30. The molecule has 178 valence electrons. The number of aryl methyl sites for hydroxylation is 1. The number of ether oxygens (including phenoxy) is 1. The van der Waals surface area contributed by atoms with E-state index >= 15 is 0 Å². The molecule has 0 unspecified atom stereocenters. The van der Waals surface area contributed by atoms with Crippen molar-refractivity contribution >= 4 is 21.8 Å². The zero-order valence-electron chi connectivity index (χ0n) is 18.4. The molecule has 1 heterocycles. The van der Waals surface area contributed by atoms with Crippen molar-refractivity contribution in [2.45, 2.75) is 37.3 Å². The molecule has 2 amide bonds. The van der Waals surface area contributed by atoms with Gasteiger partial charge in [-0.25, -0.2) is 17.5 Å². The van der Waals surface area contributed by atoms with Gasteiger partial charge in [-0.2, -0.15) is 0 Å². The molecule has 0 aliphatic carbocycles. The summed E-state index contributed by atoms with van der Waals surface area (Å²) in [5.74, 6) is -1.31. The van der Waals surface area contributed by atoms with Crippen LogP contribution in [0.3, 0.4) is 0 Å². The second-order valence-electron chi connectivity index (χ2n) is 7.95. The third-order valence-corrected chi connectivity index (χ3v) is 6.70. The maximum absolute atomic E-state index is 13.0. The van der Waals surface area contributed by atoms with Crippen LogP contribution in [-0.4, -0.2) is 57.5 Å². The summed E-state index contributed by atoms with van der Waals surface area (Å²) in [5, 5.41) is 2.70. The Morgan fingerprint density at radius 2 is 1.82 bits per heavy atom. The Morgan fingerprint density at radius 1 is 1.12 bits per heavy atom. The second-order valence-corrected chi connectivity index (χ2v) is 9.72. The molecule has 0 aromatic heterocycles. The number of benzene rings is 2. The summed E-state index contributed by atoms with van der Waals surface area (Å²) >= 11 is 0. The predicted molar refractivity (Wildman–Crippen MR) is 120 cm³/mol. The largest absolute Gasteiger partial charge is 0.376 e. The summed E-state index contributed by atoms with van der Waals surface area (Å²) in [6, 6.07) is 12.0. The molecule has 0 radical (unpaired) electrons. The molecular formula is C23H28FN3O5S. The van der Waals surface area contributed by atoms with Gasteiger partial charge in [-0.1, -0.05) is 29.8 Å². The fourth-order valence-electron chi connectivity index (χ4n) is 3.39. The summed E-state index contributed by atoms with van der Waals surface area (Å²) in [6.45, 7) is 2.08. The van der Waals surface area contributed by atoms with Crippen LogP contribution in [0.15, 0.2) is 53.4 Å². The molecule has 0 bridgehead atoms. The van der Waals surface area contributed by atoms with Gasteiger partial charge in [0.05, 0.1) is 24.1 Å². The highest BCUT2D eigenvalue weighted by molar-refractivity contribution is 7.89. The van der Waals surface area contributed by atoms with Crippen LogP contribution in [0.1, 0.15) is 24.0 Å². The van der Waals surface area contributed by atoms with Crippen LogP contribution in [0, 0.1) is 12.7 Å². The number of carbonyl (C=O) groups is 2. The van der Waals surface area contributed by atoms with Gasteiger partial charge in [-0.05, 0) is 49.6 Å². The van der Waals surface area contributed by atoms with E-state index in [1.54, 1.807) is 24.3 Å². The number of nitrogens with one attached hydrogen (secondary N) is 2. The highest BCUT2D eigenvalue weighted by Gasteiger charge is 2.25. The Labute approximate surface area is 193 Å². The van der Waals surface area contributed by atoms with Crippen LogP contribution in [0.25, 0.3) is 0 Å². The van der Waals surface area contributed by atoms with Crippen LogP contribution in [0.2, 0.25) is 0 Å². The lowest BCUT2D eigenvalue weighted by Gasteiger charge is -2.25. The van der Waals surface area contributed by atoms with Gasteiger partial charge in [-0.3, -0.25) is 9.59 Å². The SMILES string of the molecule is Cc1ccc(S(=O)(=O)NCC(=O)N(CC(=O)NCc2ccc(F)cc2)C[C@H]2CCCO2)cc1. The number of hydrogen-bond donors (Lipinski definition) is 2. The molecular weight excluding hydrogens is 449 g/mol. The number of rotatable bonds is 10. The van der Waals surface area contributed by atoms with E-state index in [1.807, 2.05) is 6.92 Å². The zero-order valence-corrected chi connectivity index (χ0v) is 19.2. The quantitative estimate of drug-likeness (QED) is 0.542. The van der Waals surface area contributed by atoms with E-state index in [4.69, 9.17) is 4.74 Å². The zero-order chi connectivity index (χ0) is 23.8. The van der Waals surface area contributed by atoms with E-state index in [-0.39, 0.29) is 36.5 Å². The van der Waals surface area contributed by atoms with Gasteiger partial charge < -0.3 is 15.0 Å². The maximum atomic E-state index is 13.0.